The van der Waals surface area contributed by atoms with Crippen LogP contribution in [0.3, 0.4) is 0 Å². The highest BCUT2D eigenvalue weighted by molar-refractivity contribution is 6.09. The van der Waals surface area contributed by atoms with Crippen molar-refractivity contribution in [3.63, 3.8) is 0 Å². The Balaban J connectivity index is 1.47. The van der Waals surface area contributed by atoms with E-state index in [4.69, 9.17) is 0 Å². The van der Waals surface area contributed by atoms with Crippen LogP contribution in [0.25, 0.3) is 10.9 Å². The van der Waals surface area contributed by atoms with E-state index >= 15 is 0 Å². The lowest BCUT2D eigenvalue weighted by Gasteiger charge is -2.23. The van der Waals surface area contributed by atoms with E-state index in [9.17, 15) is 24.9 Å². The Hall–Kier alpha value is -4.46. The molecule has 33 heavy (non-hydrogen) atoms. The maximum absolute atomic E-state index is 13.1. The molecule has 8 heteroatoms. The Morgan fingerprint density at radius 1 is 0.909 bits per heavy atom. The lowest BCUT2D eigenvalue weighted by molar-refractivity contribution is -0.119. The van der Waals surface area contributed by atoms with Gasteiger partial charge in [0.1, 0.15) is 6.54 Å². The van der Waals surface area contributed by atoms with Gasteiger partial charge in [0, 0.05) is 34.9 Å². The number of aromatic nitrogens is 1. The molecule has 0 radical (unpaired) electrons. The van der Waals surface area contributed by atoms with Crippen molar-refractivity contribution in [2.24, 2.45) is 0 Å². The zero-order valence-electron chi connectivity index (χ0n) is 17.7. The number of phenolic OH excluding ortho intramolecular Hbond substituents is 3. The predicted molar refractivity (Wildman–Crippen MR) is 125 cm³/mol. The van der Waals surface area contributed by atoms with Crippen LogP contribution in [-0.2, 0) is 11.2 Å². The van der Waals surface area contributed by atoms with Crippen molar-refractivity contribution in [1.82, 2.24) is 10.3 Å². The third-order valence-corrected chi connectivity index (χ3v) is 5.32. The molecule has 5 N–H and O–H groups in total. The van der Waals surface area contributed by atoms with Crippen LogP contribution in [0, 0.1) is 0 Å². The number of fused-ring (bicyclic) bond motifs is 1. The van der Waals surface area contributed by atoms with Gasteiger partial charge >= 0.3 is 0 Å². The number of nitrogens with one attached hydrogen (secondary N) is 2. The van der Waals surface area contributed by atoms with Crippen molar-refractivity contribution in [1.29, 1.82) is 0 Å². The second kappa shape index (κ2) is 9.35. The van der Waals surface area contributed by atoms with Gasteiger partial charge in [0.2, 0.25) is 5.91 Å². The molecule has 168 valence electrons. The summed E-state index contributed by atoms with van der Waals surface area (Å²) >= 11 is 0. The van der Waals surface area contributed by atoms with Gasteiger partial charge in [0.25, 0.3) is 5.91 Å². The Morgan fingerprint density at radius 2 is 1.58 bits per heavy atom. The van der Waals surface area contributed by atoms with Gasteiger partial charge in [-0.15, -0.1) is 0 Å². The zero-order chi connectivity index (χ0) is 23.4. The molecule has 3 aromatic carbocycles. The van der Waals surface area contributed by atoms with Crippen LogP contribution in [-0.4, -0.2) is 45.2 Å². The van der Waals surface area contributed by atoms with Crippen molar-refractivity contribution in [2.75, 3.05) is 18.0 Å². The average Bonchev–Trinajstić information content (AvgIpc) is 3.24. The van der Waals surface area contributed by atoms with E-state index in [2.05, 4.69) is 10.3 Å². The van der Waals surface area contributed by atoms with E-state index < -0.39 is 23.2 Å². The minimum absolute atomic E-state index is 0.0711. The quantitative estimate of drug-likeness (QED) is 0.279. The first-order valence-electron chi connectivity index (χ1n) is 10.4. The monoisotopic (exact) mass is 445 g/mol. The number of carbonyl (C=O) groups excluding carboxylic acids is 2. The number of hydrogen-bond donors (Lipinski definition) is 5. The van der Waals surface area contributed by atoms with E-state index in [1.165, 1.54) is 4.90 Å². The molecule has 2 amide bonds. The van der Waals surface area contributed by atoms with Gasteiger partial charge in [0.05, 0.1) is 0 Å². The highest BCUT2D eigenvalue weighted by Gasteiger charge is 2.23. The van der Waals surface area contributed by atoms with E-state index in [-0.39, 0.29) is 18.0 Å². The summed E-state index contributed by atoms with van der Waals surface area (Å²) in [4.78, 5) is 30.3. The summed E-state index contributed by atoms with van der Waals surface area (Å²) in [5, 5.41) is 33.1. The summed E-state index contributed by atoms with van der Waals surface area (Å²) < 4.78 is 0. The van der Waals surface area contributed by atoms with Crippen molar-refractivity contribution in [3.8, 4) is 17.2 Å². The molecule has 0 bridgehead atoms. The van der Waals surface area contributed by atoms with Crippen LogP contribution in [0.2, 0.25) is 0 Å². The van der Waals surface area contributed by atoms with Gasteiger partial charge in [-0.1, -0.05) is 36.4 Å². The number of H-pyrrole nitrogens is 1. The molecule has 0 atom stereocenters. The summed E-state index contributed by atoms with van der Waals surface area (Å²) in [5.74, 6) is -2.95. The van der Waals surface area contributed by atoms with Crippen molar-refractivity contribution in [2.45, 2.75) is 6.42 Å². The number of para-hydroxylation sites is 2. The topological polar surface area (TPSA) is 126 Å². The van der Waals surface area contributed by atoms with Crippen molar-refractivity contribution >= 4 is 28.4 Å². The first-order chi connectivity index (χ1) is 15.9. The van der Waals surface area contributed by atoms with Crippen LogP contribution >= 0.6 is 0 Å². The highest BCUT2D eigenvalue weighted by atomic mass is 16.3. The molecule has 4 aromatic rings. The zero-order valence-corrected chi connectivity index (χ0v) is 17.7. The Morgan fingerprint density at radius 3 is 2.30 bits per heavy atom. The highest BCUT2D eigenvalue weighted by Crippen LogP contribution is 2.36. The second-order valence-electron chi connectivity index (χ2n) is 7.55. The number of carbonyl (C=O) groups is 2. The molecule has 0 aliphatic heterocycles. The van der Waals surface area contributed by atoms with E-state index in [1.807, 2.05) is 30.5 Å². The molecule has 0 saturated heterocycles. The number of aromatic hydroxyl groups is 3. The lowest BCUT2D eigenvalue weighted by Crippen LogP contribution is -2.41. The number of amides is 2. The molecule has 1 aromatic heterocycles. The van der Waals surface area contributed by atoms with Gasteiger partial charge in [-0.05, 0) is 42.3 Å². The van der Waals surface area contributed by atoms with Gasteiger partial charge in [-0.25, -0.2) is 0 Å². The standard InChI is InChI=1S/C25H23N3O5/c29-21-12-17(13-22(30)24(21)32)25(33)28(18-6-2-1-3-7-18)15-23(31)26-11-10-16-14-27-20-9-5-4-8-19(16)20/h1-9,12-14,27,29-30,32H,10-11,15H2,(H,26,31). The van der Waals surface area contributed by atoms with Crippen LogP contribution in [0.5, 0.6) is 17.2 Å². The molecule has 0 fully saturated rings. The summed E-state index contributed by atoms with van der Waals surface area (Å²) in [7, 11) is 0. The Labute approximate surface area is 189 Å². The lowest BCUT2D eigenvalue weighted by atomic mass is 10.1. The molecule has 0 unspecified atom stereocenters. The summed E-state index contributed by atoms with van der Waals surface area (Å²) in [6.45, 7) is 0.122. The summed E-state index contributed by atoms with van der Waals surface area (Å²) in [6, 6.07) is 18.6. The average molecular weight is 445 g/mol. The largest absolute Gasteiger partial charge is 0.504 e. The first-order valence-corrected chi connectivity index (χ1v) is 10.4. The molecule has 8 nitrogen and oxygen atoms in total. The third kappa shape index (κ3) is 4.74. The predicted octanol–water partition coefficient (Wildman–Crippen LogP) is 3.29. The molecule has 4 rings (SSSR count). The summed E-state index contributed by atoms with van der Waals surface area (Å²) in [6.07, 6.45) is 2.54. The number of aromatic amines is 1. The maximum Gasteiger partial charge on any atom is 0.259 e. The van der Waals surface area contributed by atoms with E-state index in [0.29, 0.717) is 18.7 Å². The van der Waals surface area contributed by atoms with Gasteiger partial charge in [0.15, 0.2) is 17.2 Å². The van der Waals surface area contributed by atoms with Crippen molar-refractivity contribution < 1.29 is 24.9 Å². The first kappa shape index (κ1) is 21.8. The van der Waals surface area contributed by atoms with Gasteiger partial charge in [-0.2, -0.15) is 0 Å². The fourth-order valence-corrected chi connectivity index (χ4v) is 3.65. The maximum atomic E-state index is 13.1. The van der Waals surface area contributed by atoms with Crippen LogP contribution in [0.4, 0.5) is 5.69 Å². The van der Waals surface area contributed by atoms with Crippen LogP contribution in [0.15, 0.2) is 72.9 Å². The second-order valence-corrected chi connectivity index (χ2v) is 7.55. The fourth-order valence-electron chi connectivity index (χ4n) is 3.65. The Bertz CT molecular complexity index is 1280. The van der Waals surface area contributed by atoms with Crippen molar-refractivity contribution in [3.05, 3.63) is 84.1 Å². The van der Waals surface area contributed by atoms with Crippen LogP contribution < -0.4 is 10.2 Å². The van der Waals surface area contributed by atoms with E-state index in [0.717, 1.165) is 28.6 Å². The minimum atomic E-state index is -0.715. The SMILES string of the molecule is O=C(CN(C(=O)c1cc(O)c(O)c(O)c1)c1ccccc1)NCCc1c[nH]c2ccccc12. The number of phenols is 3. The number of anilines is 1. The van der Waals surface area contributed by atoms with Gasteiger partial charge < -0.3 is 25.6 Å². The summed E-state index contributed by atoms with van der Waals surface area (Å²) in [5.41, 5.74) is 2.51. The number of rotatable bonds is 7. The molecule has 0 spiro atoms. The Kier molecular flexibility index (Phi) is 6.17. The molecule has 0 aliphatic carbocycles. The third-order valence-electron chi connectivity index (χ3n) is 5.32. The molecular formula is C25H23N3O5. The van der Waals surface area contributed by atoms with Crippen LogP contribution in [0.1, 0.15) is 15.9 Å². The molecule has 1 heterocycles. The van der Waals surface area contributed by atoms with E-state index in [1.54, 1.807) is 30.3 Å². The smallest absolute Gasteiger partial charge is 0.259 e. The number of hydrogen-bond acceptors (Lipinski definition) is 5. The number of nitrogens with zero attached hydrogens (tertiary/aromatic N) is 1. The molecule has 0 saturated carbocycles. The minimum Gasteiger partial charge on any atom is -0.504 e. The van der Waals surface area contributed by atoms with Gasteiger partial charge in [-0.3, -0.25) is 14.5 Å². The molecular weight excluding hydrogens is 422 g/mol. The number of benzene rings is 3. The normalized spacial score (nSPS) is 10.8. The fraction of sp³-hybridized carbons (Fsp3) is 0.120. The molecule has 0 aliphatic rings.